The van der Waals surface area contributed by atoms with Crippen molar-refractivity contribution in [2.75, 3.05) is 6.61 Å². The first kappa shape index (κ1) is 30.6. The lowest BCUT2D eigenvalue weighted by Crippen LogP contribution is -2.12. The van der Waals surface area contributed by atoms with Gasteiger partial charge in [0.05, 0.1) is 13.2 Å². The summed E-state index contributed by atoms with van der Waals surface area (Å²) in [7, 11) is 0. The first-order chi connectivity index (χ1) is 22.0. The molecule has 0 unspecified atom stereocenters. The molecule has 0 amide bonds. The fourth-order valence-electron chi connectivity index (χ4n) is 4.27. The number of benzene rings is 2. The van der Waals surface area contributed by atoms with Crippen molar-refractivity contribution in [1.82, 2.24) is 18.8 Å². The third-order valence-corrected chi connectivity index (χ3v) is 6.41. The minimum Gasteiger partial charge on any atom is -0.434 e. The highest BCUT2D eigenvalue weighted by Gasteiger charge is 2.14. The molecule has 2 aromatic carbocycles. The number of ether oxygens (including phenoxy) is 2. The normalized spacial score (nSPS) is 10.3. The van der Waals surface area contributed by atoms with Crippen LogP contribution in [0.1, 0.15) is 47.8 Å². The van der Waals surface area contributed by atoms with E-state index in [1.165, 1.54) is 0 Å². The quantitative estimate of drug-likeness (QED) is 0.186. The van der Waals surface area contributed by atoms with Crippen LogP contribution in [0, 0.1) is 29.6 Å². The molecule has 45 heavy (non-hydrogen) atoms. The number of nitrogens with zero attached hydrogens (tertiary/aromatic N) is 4. The van der Waals surface area contributed by atoms with Crippen molar-refractivity contribution < 1.29 is 19.4 Å². The van der Waals surface area contributed by atoms with E-state index >= 15 is 0 Å². The summed E-state index contributed by atoms with van der Waals surface area (Å²) in [5.74, 6) is 12.7. The van der Waals surface area contributed by atoms with Crippen molar-refractivity contribution in [2.45, 2.75) is 27.1 Å². The van der Waals surface area contributed by atoms with Crippen LogP contribution in [-0.4, -0.2) is 36.6 Å². The second kappa shape index (κ2) is 15.1. The van der Waals surface area contributed by atoms with Crippen LogP contribution in [0.4, 0.5) is 4.79 Å². The van der Waals surface area contributed by atoms with E-state index in [0.29, 0.717) is 23.7 Å². The van der Waals surface area contributed by atoms with Crippen LogP contribution in [0.5, 0.6) is 0 Å². The maximum absolute atomic E-state index is 11.7. The number of aromatic nitrogens is 4. The molecular weight excluding hydrogens is 564 g/mol. The molecule has 6 aromatic rings. The Morgan fingerprint density at radius 2 is 1.18 bits per heavy atom. The molecule has 0 radical (unpaired) electrons. The summed E-state index contributed by atoms with van der Waals surface area (Å²) in [4.78, 5) is 20.6. The lowest BCUT2D eigenvalue weighted by molar-refractivity contribution is 0.0417. The van der Waals surface area contributed by atoms with E-state index < -0.39 is 6.16 Å². The molecule has 0 aliphatic rings. The van der Waals surface area contributed by atoms with Crippen LogP contribution in [0.25, 0.3) is 11.3 Å². The second-order valence-electron chi connectivity index (χ2n) is 10.3. The molecule has 224 valence electrons. The minimum atomic E-state index is -0.697. The van der Waals surface area contributed by atoms with Crippen molar-refractivity contribution in [3.05, 3.63) is 143 Å². The number of imidazole rings is 2. The van der Waals surface area contributed by atoms with Crippen LogP contribution < -0.4 is 0 Å². The zero-order chi connectivity index (χ0) is 31.4. The Hall–Kier alpha value is -5.83. The zero-order valence-electron chi connectivity index (χ0n) is 25.1. The highest BCUT2D eigenvalue weighted by atomic mass is 16.7. The Kier molecular flexibility index (Phi) is 10.3. The molecule has 0 bridgehead atoms. The predicted molar refractivity (Wildman–Crippen MR) is 172 cm³/mol. The maximum atomic E-state index is 11.7. The monoisotopic (exact) mass is 596 g/mol. The molecule has 0 aliphatic heterocycles. The molecule has 0 fully saturated rings. The summed E-state index contributed by atoms with van der Waals surface area (Å²) >= 11 is 0. The van der Waals surface area contributed by atoms with E-state index in [2.05, 4.69) is 33.6 Å². The van der Waals surface area contributed by atoms with Crippen LogP contribution in [0.15, 0.2) is 109 Å². The van der Waals surface area contributed by atoms with Crippen molar-refractivity contribution >= 4 is 17.4 Å². The lowest BCUT2D eigenvalue weighted by Gasteiger charge is -2.07. The van der Waals surface area contributed by atoms with Gasteiger partial charge in [-0.25, -0.2) is 14.8 Å². The fourth-order valence-corrected chi connectivity index (χ4v) is 4.27. The number of aliphatic hydroxyl groups excluding tert-OH is 1. The van der Waals surface area contributed by atoms with Gasteiger partial charge in [0, 0.05) is 23.5 Å². The molecular formula is C37H32N4O4. The number of carbonyl (C=O) groups is 1. The van der Waals surface area contributed by atoms with Crippen molar-refractivity contribution in [2.24, 2.45) is 5.92 Å². The molecule has 0 saturated heterocycles. The van der Waals surface area contributed by atoms with E-state index in [1.807, 2.05) is 132 Å². The molecule has 0 saturated carbocycles. The van der Waals surface area contributed by atoms with Gasteiger partial charge in [-0.3, -0.25) is 8.80 Å². The lowest BCUT2D eigenvalue weighted by atomic mass is 10.2. The smallest absolute Gasteiger partial charge is 0.434 e. The third-order valence-electron chi connectivity index (χ3n) is 6.41. The molecule has 4 heterocycles. The SMILES string of the molecule is CC(C)COC(=O)OCc1nc2ccccn2c1C#Cc1ccccc1.OCc1nc2ccccn2c1C#Cc1ccccc1. The molecule has 0 atom stereocenters. The average molecular weight is 597 g/mol. The summed E-state index contributed by atoms with van der Waals surface area (Å²) in [6.07, 6.45) is 3.09. The fraction of sp³-hybridized carbons (Fsp3) is 0.162. The Balaban J connectivity index is 0.000000186. The number of hydrogen-bond donors (Lipinski definition) is 1. The van der Waals surface area contributed by atoms with Gasteiger partial charge in [-0.1, -0.05) is 74.2 Å². The highest BCUT2D eigenvalue weighted by Crippen LogP contribution is 2.14. The summed E-state index contributed by atoms with van der Waals surface area (Å²) in [6.45, 7) is 4.15. The number of fused-ring (bicyclic) bond motifs is 2. The number of hydrogen-bond acceptors (Lipinski definition) is 6. The molecule has 8 nitrogen and oxygen atoms in total. The summed E-state index contributed by atoms with van der Waals surface area (Å²) in [6, 6.07) is 30.9. The van der Waals surface area contributed by atoms with Crippen molar-refractivity contribution in [3.63, 3.8) is 0 Å². The third kappa shape index (κ3) is 8.17. The first-order valence-electron chi connectivity index (χ1n) is 14.5. The van der Waals surface area contributed by atoms with Gasteiger partial charge in [-0.05, 0) is 66.3 Å². The van der Waals surface area contributed by atoms with Crippen molar-refractivity contribution in [3.8, 4) is 23.7 Å². The van der Waals surface area contributed by atoms with Gasteiger partial charge in [0.15, 0.2) is 0 Å². The van der Waals surface area contributed by atoms with E-state index in [9.17, 15) is 9.90 Å². The molecule has 4 aromatic heterocycles. The molecule has 8 heteroatoms. The topological polar surface area (TPSA) is 90.4 Å². The van der Waals surface area contributed by atoms with Gasteiger partial charge >= 0.3 is 6.16 Å². The average Bonchev–Trinajstić information content (AvgIpc) is 3.63. The zero-order valence-corrected chi connectivity index (χ0v) is 25.1. The second-order valence-corrected chi connectivity index (χ2v) is 10.3. The molecule has 1 N–H and O–H groups in total. The molecule has 0 spiro atoms. The first-order valence-corrected chi connectivity index (χ1v) is 14.5. The minimum absolute atomic E-state index is 0.0113. The van der Waals surface area contributed by atoms with Crippen LogP contribution in [0.2, 0.25) is 0 Å². The molecule has 0 aliphatic carbocycles. The van der Waals surface area contributed by atoms with Crippen LogP contribution >= 0.6 is 0 Å². The largest absolute Gasteiger partial charge is 0.508 e. The highest BCUT2D eigenvalue weighted by molar-refractivity contribution is 5.60. The van der Waals surface area contributed by atoms with E-state index in [0.717, 1.165) is 28.1 Å². The Bertz CT molecular complexity index is 2010. The van der Waals surface area contributed by atoms with E-state index in [1.54, 1.807) is 0 Å². The molecule has 6 rings (SSSR count). The number of pyridine rings is 2. The van der Waals surface area contributed by atoms with E-state index in [4.69, 9.17) is 9.47 Å². The Morgan fingerprint density at radius 3 is 1.69 bits per heavy atom. The summed E-state index contributed by atoms with van der Waals surface area (Å²) < 4.78 is 14.0. The number of aliphatic hydroxyl groups is 1. The van der Waals surface area contributed by atoms with Crippen molar-refractivity contribution in [1.29, 1.82) is 0 Å². The van der Waals surface area contributed by atoms with Gasteiger partial charge in [0.2, 0.25) is 0 Å². The summed E-state index contributed by atoms with van der Waals surface area (Å²) in [5, 5.41) is 9.37. The van der Waals surface area contributed by atoms with Gasteiger partial charge in [-0.2, -0.15) is 0 Å². The van der Waals surface area contributed by atoms with E-state index in [-0.39, 0.29) is 19.1 Å². The van der Waals surface area contributed by atoms with Gasteiger partial charge < -0.3 is 14.6 Å². The van der Waals surface area contributed by atoms with Gasteiger partial charge in [-0.15, -0.1) is 0 Å². The maximum Gasteiger partial charge on any atom is 0.508 e. The number of rotatable bonds is 5. The number of carbonyl (C=O) groups excluding carboxylic acids is 1. The summed E-state index contributed by atoms with van der Waals surface area (Å²) in [5.41, 5.74) is 6.03. The van der Waals surface area contributed by atoms with Gasteiger partial charge in [0.1, 0.15) is 40.7 Å². The van der Waals surface area contributed by atoms with Crippen LogP contribution in [0.3, 0.4) is 0 Å². The van der Waals surface area contributed by atoms with Gasteiger partial charge in [0.25, 0.3) is 0 Å². The standard InChI is InChI=1S/C21H20N2O3.C16H12N2O/c1-16(2)14-25-21(24)26-15-18-19(12-11-17-8-4-3-5-9-17)23-13-7-6-10-20(23)22-18;19-12-14-15(10-9-13-6-2-1-3-7-13)18-11-5-4-8-16(18)17-14/h3-10,13,16H,14-15H2,1-2H3;1-8,11,19H,12H2. The van der Waals surface area contributed by atoms with Crippen LogP contribution in [-0.2, 0) is 22.7 Å². The Morgan fingerprint density at radius 1 is 0.689 bits per heavy atom. The predicted octanol–water partition coefficient (Wildman–Crippen LogP) is 6.27. The Labute approximate surface area is 261 Å².